The number of nitrogens with one attached hydrogen (secondary N) is 1. The van der Waals surface area contributed by atoms with E-state index in [0.717, 1.165) is 50.6 Å². The minimum atomic E-state index is -0.0406. The smallest absolute Gasteiger partial charge is 0.230 e. The number of hydrogen-bond acceptors (Lipinski definition) is 6. The van der Waals surface area contributed by atoms with Crippen LogP contribution in [0.3, 0.4) is 0 Å². The molecule has 0 unspecified atom stereocenters. The number of hydrogen-bond donors (Lipinski definition) is 1. The van der Waals surface area contributed by atoms with Crippen molar-refractivity contribution in [2.45, 2.75) is 31.6 Å². The molecule has 0 atom stereocenters. The maximum atomic E-state index is 12.3. The van der Waals surface area contributed by atoms with Crippen LogP contribution in [0.1, 0.15) is 35.6 Å². The van der Waals surface area contributed by atoms with E-state index >= 15 is 0 Å². The van der Waals surface area contributed by atoms with Gasteiger partial charge in [-0.1, -0.05) is 12.1 Å². The van der Waals surface area contributed by atoms with Crippen molar-refractivity contribution in [3.63, 3.8) is 0 Å². The summed E-state index contributed by atoms with van der Waals surface area (Å²) in [7, 11) is 0. The summed E-state index contributed by atoms with van der Waals surface area (Å²) in [6.45, 7) is 5.37. The van der Waals surface area contributed by atoms with Gasteiger partial charge in [0.25, 0.3) is 0 Å². The summed E-state index contributed by atoms with van der Waals surface area (Å²) in [4.78, 5) is 20.3. The molecule has 28 heavy (non-hydrogen) atoms. The van der Waals surface area contributed by atoms with E-state index in [9.17, 15) is 4.79 Å². The van der Waals surface area contributed by atoms with Crippen LogP contribution in [0.2, 0.25) is 0 Å². The van der Waals surface area contributed by atoms with E-state index in [4.69, 9.17) is 9.47 Å². The van der Waals surface area contributed by atoms with Crippen molar-refractivity contribution in [3.8, 4) is 5.75 Å². The zero-order chi connectivity index (χ0) is 19.2. The molecule has 1 N–H and O–H groups in total. The summed E-state index contributed by atoms with van der Waals surface area (Å²) >= 11 is 1.59. The van der Waals surface area contributed by atoms with Gasteiger partial charge < -0.3 is 14.8 Å². The Morgan fingerprint density at radius 3 is 3.00 bits per heavy atom. The summed E-state index contributed by atoms with van der Waals surface area (Å²) in [5.74, 6) is 1.44. The molecule has 0 bridgehead atoms. The molecule has 1 aromatic heterocycles. The molecule has 1 amide bonds. The summed E-state index contributed by atoms with van der Waals surface area (Å²) < 4.78 is 11.2. The van der Waals surface area contributed by atoms with Gasteiger partial charge in [0.15, 0.2) is 5.13 Å². The van der Waals surface area contributed by atoms with E-state index < -0.39 is 0 Å². The fourth-order valence-corrected chi connectivity index (χ4v) is 4.30. The molecular weight excluding hydrogens is 374 g/mol. The predicted octanol–water partition coefficient (Wildman–Crippen LogP) is 3.30. The van der Waals surface area contributed by atoms with Crippen molar-refractivity contribution in [1.29, 1.82) is 0 Å². The third-order valence-corrected chi connectivity index (χ3v) is 6.08. The zero-order valence-electron chi connectivity index (χ0n) is 16.1. The average molecular weight is 402 g/mol. The highest BCUT2D eigenvalue weighted by molar-refractivity contribution is 7.15. The number of rotatable bonds is 9. The van der Waals surface area contributed by atoms with Gasteiger partial charge in [-0.15, -0.1) is 11.3 Å². The summed E-state index contributed by atoms with van der Waals surface area (Å²) in [6.07, 6.45) is 5.69. The van der Waals surface area contributed by atoms with E-state index in [1.54, 1.807) is 11.3 Å². The highest BCUT2D eigenvalue weighted by Gasteiger charge is 2.25. The van der Waals surface area contributed by atoms with Crippen molar-refractivity contribution in [2.24, 2.45) is 0 Å². The standard InChI is InChI=1S/C21H27N3O3S/c25-20(23-21-22-15-19(28-21)17-5-6-17)14-16-3-1-4-18(13-16)27-10-2-7-24-8-11-26-12-9-24/h1,3-4,13,15,17H,2,5-12,14H2,(H,22,23,25). The van der Waals surface area contributed by atoms with Crippen molar-refractivity contribution >= 4 is 22.4 Å². The van der Waals surface area contributed by atoms with Crippen LogP contribution in [0.5, 0.6) is 5.75 Å². The van der Waals surface area contributed by atoms with Crippen molar-refractivity contribution in [2.75, 3.05) is 44.8 Å². The quantitative estimate of drug-likeness (QED) is 0.653. The lowest BCUT2D eigenvalue weighted by Gasteiger charge is -2.26. The third kappa shape index (κ3) is 5.77. The van der Waals surface area contributed by atoms with E-state index in [2.05, 4.69) is 15.2 Å². The van der Waals surface area contributed by atoms with Crippen molar-refractivity contribution < 1.29 is 14.3 Å². The minimum Gasteiger partial charge on any atom is -0.494 e. The van der Waals surface area contributed by atoms with Crippen LogP contribution in [0.4, 0.5) is 5.13 Å². The van der Waals surface area contributed by atoms with E-state index in [1.807, 2.05) is 30.5 Å². The van der Waals surface area contributed by atoms with Gasteiger partial charge in [0.2, 0.25) is 5.91 Å². The van der Waals surface area contributed by atoms with Crippen LogP contribution >= 0.6 is 11.3 Å². The zero-order valence-corrected chi connectivity index (χ0v) is 16.9. The minimum absolute atomic E-state index is 0.0406. The molecule has 1 saturated heterocycles. The first-order valence-electron chi connectivity index (χ1n) is 10.0. The van der Waals surface area contributed by atoms with Crippen LogP contribution < -0.4 is 10.1 Å². The summed E-state index contributed by atoms with van der Waals surface area (Å²) in [5, 5.41) is 3.61. The molecule has 1 aliphatic heterocycles. The Labute approximate surface area is 169 Å². The normalized spacial score (nSPS) is 17.4. The van der Waals surface area contributed by atoms with Gasteiger partial charge in [0.05, 0.1) is 26.2 Å². The monoisotopic (exact) mass is 401 g/mol. The first-order chi connectivity index (χ1) is 13.8. The van der Waals surface area contributed by atoms with Gasteiger partial charge >= 0.3 is 0 Å². The Balaban J connectivity index is 1.20. The summed E-state index contributed by atoms with van der Waals surface area (Å²) in [6, 6.07) is 7.79. The number of aromatic nitrogens is 1. The first kappa shape index (κ1) is 19.4. The van der Waals surface area contributed by atoms with Crippen LogP contribution in [0, 0.1) is 0 Å². The molecule has 1 aliphatic carbocycles. The molecular formula is C21H27N3O3S. The number of carbonyl (C=O) groups excluding carboxylic acids is 1. The molecule has 1 aromatic carbocycles. The van der Waals surface area contributed by atoms with Gasteiger partial charge in [0, 0.05) is 30.7 Å². The number of benzene rings is 1. The van der Waals surface area contributed by atoms with Gasteiger partial charge in [-0.25, -0.2) is 4.98 Å². The molecule has 0 spiro atoms. The van der Waals surface area contributed by atoms with Crippen LogP contribution in [-0.4, -0.2) is 55.2 Å². The fourth-order valence-electron chi connectivity index (χ4n) is 3.30. The van der Waals surface area contributed by atoms with Gasteiger partial charge in [-0.05, 0) is 42.9 Å². The Morgan fingerprint density at radius 2 is 2.18 bits per heavy atom. The molecule has 7 heteroatoms. The van der Waals surface area contributed by atoms with Crippen molar-refractivity contribution in [3.05, 3.63) is 40.9 Å². The highest BCUT2D eigenvalue weighted by atomic mass is 32.1. The summed E-state index contributed by atoms with van der Waals surface area (Å²) in [5.41, 5.74) is 0.946. The van der Waals surface area contributed by atoms with Gasteiger partial charge in [0.1, 0.15) is 5.75 Å². The molecule has 1 saturated carbocycles. The predicted molar refractivity (Wildman–Crippen MR) is 110 cm³/mol. The Hall–Kier alpha value is -1.96. The van der Waals surface area contributed by atoms with Crippen LogP contribution in [-0.2, 0) is 16.0 Å². The number of carbonyl (C=O) groups is 1. The molecule has 4 rings (SSSR count). The number of anilines is 1. The second-order valence-corrected chi connectivity index (χ2v) is 8.43. The molecule has 2 aromatic rings. The number of nitrogens with zero attached hydrogens (tertiary/aromatic N) is 2. The first-order valence-corrected chi connectivity index (χ1v) is 10.9. The molecule has 6 nitrogen and oxygen atoms in total. The SMILES string of the molecule is O=C(Cc1cccc(OCCCN2CCOCC2)c1)Nc1ncc(C2CC2)s1. The number of ether oxygens (including phenoxy) is 2. The maximum Gasteiger partial charge on any atom is 0.230 e. The number of morpholine rings is 1. The number of thiazole rings is 1. The topological polar surface area (TPSA) is 63.7 Å². The molecule has 2 heterocycles. The maximum absolute atomic E-state index is 12.3. The largest absolute Gasteiger partial charge is 0.494 e. The molecule has 150 valence electrons. The third-order valence-electron chi connectivity index (χ3n) is 5.00. The Bertz CT molecular complexity index is 785. The average Bonchev–Trinajstić information content (AvgIpc) is 3.46. The van der Waals surface area contributed by atoms with E-state index in [-0.39, 0.29) is 5.91 Å². The molecule has 2 fully saturated rings. The second kappa shape index (κ2) is 9.49. The van der Waals surface area contributed by atoms with Crippen LogP contribution in [0.15, 0.2) is 30.5 Å². The number of amides is 1. The van der Waals surface area contributed by atoms with Gasteiger partial charge in [-0.3, -0.25) is 9.69 Å². The lowest BCUT2D eigenvalue weighted by molar-refractivity contribution is -0.115. The van der Waals surface area contributed by atoms with Crippen molar-refractivity contribution in [1.82, 2.24) is 9.88 Å². The molecule has 2 aliphatic rings. The Kier molecular flexibility index (Phi) is 6.57. The lowest BCUT2D eigenvalue weighted by atomic mass is 10.1. The highest BCUT2D eigenvalue weighted by Crippen LogP contribution is 2.43. The van der Waals surface area contributed by atoms with E-state index in [1.165, 1.54) is 17.7 Å². The second-order valence-electron chi connectivity index (χ2n) is 7.37. The Morgan fingerprint density at radius 1 is 1.32 bits per heavy atom. The van der Waals surface area contributed by atoms with Gasteiger partial charge in [-0.2, -0.15) is 0 Å². The molecule has 0 radical (unpaired) electrons. The lowest BCUT2D eigenvalue weighted by Crippen LogP contribution is -2.37. The fraction of sp³-hybridized carbons (Fsp3) is 0.524. The van der Waals surface area contributed by atoms with Crippen LogP contribution in [0.25, 0.3) is 0 Å². The van der Waals surface area contributed by atoms with E-state index in [0.29, 0.717) is 24.1 Å².